The second-order valence-electron chi connectivity index (χ2n) is 6.01. The SMILES string of the molecule is CCC1CNCCN1CC1CN2CCCC2CO1. The van der Waals surface area contributed by atoms with Crippen LogP contribution in [0.3, 0.4) is 0 Å². The monoisotopic (exact) mass is 253 g/mol. The fourth-order valence-electron chi connectivity index (χ4n) is 3.70. The van der Waals surface area contributed by atoms with Crippen molar-refractivity contribution in [3.05, 3.63) is 0 Å². The molecule has 3 unspecified atom stereocenters. The van der Waals surface area contributed by atoms with E-state index >= 15 is 0 Å². The van der Waals surface area contributed by atoms with E-state index in [1.54, 1.807) is 0 Å². The number of fused-ring (bicyclic) bond motifs is 1. The molecule has 0 radical (unpaired) electrons. The van der Waals surface area contributed by atoms with Gasteiger partial charge in [0.05, 0.1) is 12.7 Å². The first-order valence-electron chi connectivity index (χ1n) is 7.67. The highest BCUT2D eigenvalue weighted by Crippen LogP contribution is 2.23. The zero-order chi connectivity index (χ0) is 12.4. The van der Waals surface area contributed by atoms with E-state index in [4.69, 9.17) is 4.74 Å². The number of morpholine rings is 1. The topological polar surface area (TPSA) is 27.7 Å². The van der Waals surface area contributed by atoms with Gasteiger partial charge in [0.25, 0.3) is 0 Å². The smallest absolute Gasteiger partial charge is 0.0829 e. The highest BCUT2D eigenvalue weighted by molar-refractivity contribution is 4.88. The van der Waals surface area contributed by atoms with Crippen LogP contribution in [-0.2, 0) is 4.74 Å². The van der Waals surface area contributed by atoms with Crippen LogP contribution < -0.4 is 5.32 Å². The van der Waals surface area contributed by atoms with Gasteiger partial charge in [-0.2, -0.15) is 0 Å². The van der Waals surface area contributed by atoms with Crippen molar-refractivity contribution in [1.82, 2.24) is 15.1 Å². The molecule has 0 saturated carbocycles. The Labute approximate surface area is 111 Å². The van der Waals surface area contributed by atoms with Crippen molar-refractivity contribution in [1.29, 1.82) is 0 Å². The molecule has 0 amide bonds. The van der Waals surface area contributed by atoms with Crippen LogP contribution in [0.25, 0.3) is 0 Å². The van der Waals surface area contributed by atoms with E-state index in [0.29, 0.717) is 12.1 Å². The largest absolute Gasteiger partial charge is 0.374 e. The Hall–Kier alpha value is -0.160. The summed E-state index contributed by atoms with van der Waals surface area (Å²) < 4.78 is 6.08. The lowest BCUT2D eigenvalue weighted by molar-refractivity contribution is -0.0673. The molecule has 3 heterocycles. The minimum Gasteiger partial charge on any atom is -0.374 e. The fourth-order valence-corrected chi connectivity index (χ4v) is 3.70. The zero-order valence-electron chi connectivity index (χ0n) is 11.6. The van der Waals surface area contributed by atoms with Gasteiger partial charge in [-0.05, 0) is 25.8 Å². The van der Waals surface area contributed by atoms with Gasteiger partial charge >= 0.3 is 0 Å². The van der Waals surface area contributed by atoms with Gasteiger partial charge in [-0.25, -0.2) is 0 Å². The molecule has 18 heavy (non-hydrogen) atoms. The Balaban J connectivity index is 1.52. The van der Waals surface area contributed by atoms with E-state index in [2.05, 4.69) is 22.0 Å². The van der Waals surface area contributed by atoms with Gasteiger partial charge in [-0.3, -0.25) is 9.80 Å². The lowest BCUT2D eigenvalue weighted by Crippen LogP contribution is -2.56. The Morgan fingerprint density at radius 3 is 3.17 bits per heavy atom. The van der Waals surface area contributed by atoms with Crippen molar-refractivity contribution < 1.29 is 4.74 Å². The van der Waals surface area contributed by atoms with Crippen molar-refractivity contribution in [3.63, 3.8) is 0 Å². The third-order valence-corrected chi connectivity index (χ3v) is 4.84. The van der Waals surface area contributed by atoms with E-state index in [1.165, 1.54) is 32.4 Å². The normalized spacial score (nSPS) is 38.8. The lowest BCUT2D eigenvalue weighted by atomic mass is 10.1. The van der Waals surface area contributed by atoms with Gasteiger partial charge in [0.1, 0.15) is 0 Å². The van der Waals surface area contributed by atoms with E-state index in [9.17, 15) is 0 Å². The highest BCUT2D eigenvalue weighted by Gasteiger charge is 2.34. The van der Waals surface area contributed by atoms with Gasteiger partial charge in [0.2, 0.25) is 0 Å². The quantitative estimate of drug-likeness (QED) is 0.794. The summed E-state index contributed by atoms with van der Waals surface area (Å²) in [6, 6.07) is 1.44. The first kappa shape index (κ1) is 12.9. The third kappa shape index (κ3) is 2.72. The van der Waals surface area contributed by atoms with Crippen molar-refractivity contribution in [2.75, 3.05) is 45.9 Å². The van der Waals surface area contributed by atoms with Gasteiger partial charge in [-0.1, -0.05) is 6.92 Å². The molecular weight excluding hydrogens is 226 g/mol. The van der Waals surface area contributed by atoms with Crippen LogP contribution in [-0.4, -0.2) is 73.9 Å². The van der Waals surface area contributed by atoms with Crippen LogP contribution in [0.4, 0.5) is 0 Å². The summed E-state index contributed by atoms with van der Waals surface area (Å²) in [4.78, 5) is 5.29. The average Bonchev–Trinajstić information content (AvgIpc) is 2.87. The molecule has 3 atom stereocenters. The predicted octanol–water partition coefficient (Wildman–Crippen LogP) is 0.533. The molecule has 0 spiro atoms. The molecule has 3 saturated heterocycles. The molecule has 0 bridgehead atoms. The van der Waals surface area contributed by atoms with E-state index < -0.39 is 0 Å². The summed E-state index contributed by atoms with van der Waals surface area (Å²) in [6.07, 6.45) is 4.39. The van der Waals surface area contributed by atoms with E-state index in [0.717, 1.165) is 38.8 Å². The van der Waals surface area contributed by atoms with Crippen LogP contribution in [0.15, 0.2) is 0 Å². The maximum Gasteiger partial charge on any atom is 0.0829 e. The van der Waals surface area contributed by atoms with Gasteiger partial charge in [0, 0.05) is 44.8 Å². The molecule has 3 aliphatic rings. The molecule has 4 heteroatoms. The number of rotatable bonds is 3. The predicted molar refractivity (Wildman–Crippen MR) is 72.9 cm³/mol. The second kappa shape index (κ2) is 5.87. The standard InChI is InChI=1S/C14H27N3O/c1-2-12-8-15-5-7-17(12)10-14-9-16-6-3-4-13(16)11-18-14/h12-15H,2-11H2,1H3. The number of hydrogen-bond donors (Lipinski definition) is 1. The molecule has 3 rings (SSSR count). The maximum absolute atomic E-state index is 6.08. The summed E-state index contributed by atoms with van der Waals surface area (Å²) in [7, 11) is 0. The minimum atomic E-state index is 0.437. The number of nitrogens with zero attached hydrogens (tertiary/aromatic N) is 2. The first-order chi connectivity index (χ1) is 8.86. The summed E-state index contributed by atoms with van der Waals surface area (Å²) in [5.41, 5.74) is 0. The highest BCUT2D eigenvalue weighted by atomic mass is 16.5. The van der Waals surface area contributed by atoms with Gasteiger partial charge in [-0.15, -0.1) is 0 Å². The number of nitrogens with one attached hydrogen (secondary N) is 1. The molecule has 0 aliphatic carbocycles. The molecule has 1 N–H and O–H groups in total. The van der Waals surface area contributed by atoms with Crippen LogP contribution in [0.2, 0.25) is 0 Å². The van der Waals surface area contributed by atoms with Crippen molar-refractivity contribution >= 4 is 0 Å². The summed E-state index contributed by atoms with van der Waals surface area (Å²) in [5, 5.41) is 3.50. The average molecular weight is 253 g/mol. The van der Waals surface area contributed by atoms with Crippen molar-refractivity contribution in [2.45, 2.75) is 44.4 Å². The number of piperazine rings is 1. The minimum absolute atomic E-state index is 0.437. The Bertz CT molecular complexity index is 274. The van der Waals surface area contributed by atoms with Crippen molar-refractivity contribution in [3.8, 4) is 0 Å². The molecule has 104 valence electrons. The molecule has 0 aromatic heterocycles. The lowest BCUT2D eigenvalue weighted by Gasteiger charge is -2.41. The van der Waals surface area contributed by atoms with Crippen LogP contribution in [0.1, 0.15) is 26.2 Å². The van der Waals surface area contributed by atoms with Crippen LogP contribution in [0.5, 0.6) is 0 Å². The zero-order valence-corrected chi connectivity index (χ0v) is 11.6. The van der Waals surface area contributed by atoms with Gasteiger partial charge in [0.15, 0.2) is 0 Å². The van der Waals surface area contributed by atoms with Gasteiger partial charge < -0.3 is 10.1 Å². The second-order valence-corrected chi connectivity index (χ2v) is 6.01. The van der Waals surface area contributed by atoms with E-state index in [-0.39, 0.29) is 0 Å². The molecule has 3 fully saturated rings. The van der Waals surface area contributed by atoms with E-state index in [1.807, 2.05) is 0 Å². The Morgan fingerprint density at radius 1 is 1.33 bits per heavy atom. The van der Waals surface area contributed by atoms with Crippen LogP contribution >= 0.6 is 0 Å². The summed E-state index contributed by atoms with van der Waals surface area (Å²) in [6.45, 7) is 10.3. The summed E-state index contributed by atoms with van der Waals surface area (Å²) in [5.74, 6) is 0. The van der Waals surface area contributed by atoms with Crippen molar-refractivity contribution in [2.24, 2.45) is 0 Å². The number of ether oxygens (including phenoxy) is 1. The molecule has 0 aromatic carbocycles. The maximum atomic E-state index is 6.08. The Morgan fingerprint density at radius 2 is 2.28 bits per heavy atom. The number of hydrogen-bond acceptors (Lipinski definition) is 4. The molecule has 3 aliphatic heterocycles. The molecule has 4 nitrogen and oxygen atoms in total. The first-order valence-corrected chi connectivity index (χ1v) is 7.67. The Kier molecular flexibility index (Phi) is 4.19. The molecular formula is C14H27N3O. The fraction of sp³-hybridized carbons (Fsp3) is 1.00. The summed E-state index contributed by atoms with van der Waals surface area (Å²) >= 11 is 0. The molecule has 0 aromatic rings. The third-order valence-electron chi connectivity index (χ3n) is 4.84. The van der Waals surface area contributed by atoms with Crippen LogP contribution in [0, 0.1) is 0 Å².